The molecule has 116 valence electrons. The molecule has 2 amide bonds. The summed E-state index contributed by atoms with van der Waals surface area (Å²) in [5, 5.41) is 7.55. The Morgan fingerprint density at radius 3 is 2.62 bits per heavy atom. The molecule has 2 rings (SSSR count). The fraction of sp³-hybridized carbons (Fsp3) is 0.643. The molecule has 6 nitrogen and oxygen atoms in total. The van der Waals surface area contributed by atoms with Crippen LogP contribution in [-0.2, 0) is 23.2 Å². The molecule has 2 heterocycles. The minimum absolute atomic E-state index is 0.0572. The molecule has 0 saturated carbocycles. The van der Waals surface area contributed by atoms with Crippen molar-refractivity contribution < 1.29 is 9.59 Å². The predicted octanol–water partition coefficient (Wildman–Crippen LogP) is 1.26. The SMILES string of the molecule is Cc1nn(C)c(CN2CC(=O)NC(CC(C)C)C2=O)c1Cl. The lowest BCUT2D eigenvalue weighted by Gasteiger charge is -2.33. The number of nitrogens with zero attached hydrogens (tertiary/aromatic N) is 3. The summed E-state index contributed by atoms with van der Waals surface area (Å²) in [6.07, 6.45) is 0.638. The van der Waals surface area contributed by atoms with E-state index in [1.165, 1.54) is 0 Å². The first-order valence-electron chi connectivity index (χ1n) is 7.05. The van der Waals surface area contributed by atoms with Crippen molar-refractivity contribution in [2.24, 2.45) is 13.0 Å². The van der Waals surface area contributed by atoms with Gasteiger partial charge in [0, 0.05) is 7.05 Å². The second kappa shape index (κ2) is 6.05. The number of carbonyl (C=O) groups excluding carboxylic acids is 2. The van der Waals surface area contributed by atoms with Gasteiger partial charge in [-0.05, 0) is 19.3 Å². The molecule has 1 aliphatic rings. The van der Waals surface area contributed by atoms with Gasteiger partial charge in [-0.15, -0.1) is 0 Å². The molecule has 0 aliphatic carbocycles. The average molecular weight is 313 g/mol. The van der Waals surface area contributed by atoms with Crippen LogP contribution in [0.2, 0.25) is 5.02 Å². The number of halogens is 1. The van der Waals surface area contributed by atoms with E-state index in [2.05, 4.69) is 10.4 Å². The minimum Gasteiger partial charge on any atom is -0.343 e. The largest absolute Gasteiger partial charge is 0.343 e. The second-order valence-corrected chi connectivity index (χ2v) is 6.29. The fourth-order valence-electron chi connectivity index (χ4n) is 2.57. The summed E-state index contributed by atoms with van der Waals surface area (Å²) in [5.41, 5.74) is 1.47. The van der Waals surface area contributed by atoms with Crippen molar-refractivity contribution in [3.8, 4) is 0 Å². The summed E-state index contributed by atoms with van der Waals surface area (Å²) in [4.78, 5) is 25.8. The van der Waals surface area contributed by atoms with E-state index in [9.17, 15) is 9.59 Å². The van der Waals surface area contributed by atoms with E-state index >= 15 is 0 Å². The van der Waals surface area contributed by atoms with Crippen LogP contribution >= 0.6 is 11.6 Å². The number of piperazine rings is 1. The smallest absolute Gasteiger partial charge is 0.245 e. The molecule has 1 fully saturated rings. The Balaban J connectivity index is 2.18. The maximum absolute atomic E-state index is 12.5. The standard InChI is InChI=1S/C14H21ClN4O2/c1-8(2)5-10-14(21)19(7-12(20)16-10)6-11-13(15)9(3)17-18(11)4/h8,10H,5-7H2,1-4H3,(H,16,20). The lowest BCUT2D eigenvalue weighted by atomic mass is 10.0. The van der Waals surface area contributed by atoms with Crippen molar-refractivity contribution in [2.45, 2.75) is 39.8 Å². The van der Waals surface area contributed by atoms with Crippen molar-refractivity contribution >= 4 is 23.4 Å². The van der Waals surface area contributed by atoms with Crippen LogP contribution in [0.1, 0.15) is 31.7 Å². The van der Waals surface area contributed by atoms with E-state index in [0.717, 1.165) is 11.4 Å². The van der Waals surface area contributed by atoms with Gasteiger partial charge in [0.15, 0.2) is 0 Å². The monoisotopic (exact) mass is 312 g/mol. The van der Waals surface area contributed by atoms with Crippen molar-refractivity contribution in [1.29, 1.82) is 0 Å². The van der Waals surface area contributed by atoms with Crippen molar-refractivity contribution in [3.63, 3.8) is 0 Å². The highest BCUT2D eigenvalue weighted by atomic mass is 35.5. The first-order valence-corrected chi connectivity index (χ1v) is 7.43. The third-order valence-electron chi connectivity index (χ3n) is 3.59. The highest BCUT2D eigenvalue weighted by molar-refractivity contribution is 6.31. The van der Waals surface area contributed by atoms with Crippen LogP contribution in [0, 0.1) is 12.8 Å². The number of hydrogen-bond donors (Lipinski definition) is 1. The summed E-state index contributed by atoms with van der Waals surface area (Å²) < 4.78 is 1.66. The first-order chi connectivity index (χ1) is 9.79. The van der Waals surface area contributed by atoms with Crippen LogP contribution in [-0.4, -0.2) is 39.1 Å². The minimum atomic E-state index is -0.445. The lowest BCUT2D eigenvalue weighted by Crippen LogP contribution is -2.58. The molecule has 1 unspecified atom stereocenters. The molecule has 7 heteroatoms. The molecule has 0 aromatic carbocycles. The molecule has 1 N–H and O–H groups in total. The van der Waals surface area contributed by atoms with Gasteiger partial charge in [-0.3, -0.25) is 14.3 Å². The molecule has 0 bridgehead atoms. The van der Waals surface area contributed by atoms with E-state index in [4.69, 9.17) is 11.6 Å². The second-order valence-electron chi connectivity index (χ2n) is 5.91. The van der Waals surface area contributed by atoms with Crippen LogP contribution < -0.4 is 5.32 Å². The highest BCUT2D eigenvalue weighted by Gasteiger charge is 2.33. The van der Waals surface area contributed by atoms with E-state index in [-0.39, 0.29) is 18.4 Å². The summed E-state index contributed by atoms with van der Waals surface area (Å²) in [5.74, 6) is 0.148. The third-order valence-corrected chi connectivity index (χ3v) is 4.08. The highest BCUT2D eigenvalue weighted by Crippen LogP contribution is 2.22. The zero-order valence-corrected chi connectivity index (χ0v) is 13.6. The predicted molar refractivity (Wildman–Crippen MR) is 79.8 cm³/mol. The van der Waals surface area contributed by atoms with Gasteiger partial charge in [0.1, 0.15) is 12.6 Å². The molecular formula is C14H21ClN4O2. The van der Waals surface area contributed by atoms with Crippen LogP contribution in [0.5, 0.6) is 0 Å². The van der Waals surface area contributed by atoms with Gasteiger partial charge in [0.2, 0.25) is 11.8 Å². The van der Waals surface area contributed by atoms with Crippen molar-refractivity contribution in [2.75, 3.05) is 6.54 Å². The molecule has 1 aromatic rings. The quantitative estimate of drug-likeness (QED) is 0.910. The number of rotatable bonds is 4. The number of aromatic nitrogens is 2. The average Bonchev–Trinajstić information content (AvgIpc) is 2.61. The molecular weight excluding hydrogens is 292 g/mol. The van der Waals surface area contributed by atoms with E-state index < -0.39 is 6.04 Å². The maximum Gasteiger partial charge on any atom is 0.245 e. The van der Waals surface area contributed by atoms with Gasteiger partial charge in [-0.1, -0.05) is 25.4 Å². The Hall–Kier alpha value is -1.56. The lowest BCUT2D eigenvalue weighted by molar-refractivity contribution is -0.145. The molecule has 1 aliphatic heterocycles. The summed E-state index contributed by atoms with van der Waals surface area (Å²) in [7, 11) is 1.79. The Morgan fingerprint density at radius 1 is 1.43 bits per heavy atom. The molecule has 1 aromatic heterocycles. The van der Waals surface area contributed by atoms with E-state index in [1.807, 2.05) is 20.8 Å². The molecule has 21 heavy (non-hydrogen) atoms. The number of hydrogen-bond acceptors (Lipinski definition) is 3. The Labute approximate surface area is 129 Å². The van der Waals surface area contributed by atoms with E-state index in [0.29, 0.717) is 23.9 Å². The van der Waals surface area contributed by atoms with Crippen molar-refractivity contribution in [1.82, 2.24) is 20.0 Å². The zero-order valence-electron chi connectivity index (χ0n) is 12.8. The van der Waals surface area contributed by atoms with Gasteiger partial charge in [0.25, 0.3) is 0 Å². The third kappa shape index (κ3) is 3.37. The first kappa shape index (κ1) is 15.8. The van der Waals surface area contributed by atoms with Gasteiger partial charge >= 0.3 is 0 Å². The van der Waals surface area contributed by atoms with Gasteiger partial charge in [-0.2, -0.15) is 5.10 Å². The Kier molecular flexibility index (Phi) is 4.56. The summed E-state index contributed by atoms with van der Waals surface area (Å²) in [6.45, 7) is 6.24. The van der Waals surface area contributed by atoms with E-state index in [1.54, 1.807) is 16.6 Å². The Bertz CT molecular complexity index is 568. The fourth-order valence-corrected chi connectivity index (χ4v) is 2.79. The Morgan fingerprint density at radius 2 is 2.10 bits per heavy atom. The van der Waals surface area contributed by atoms with Crippen LogP contribution in [0.25, 0.3) is 0 Å². The molecule has 0 radical (unpaired) electrons. The molecule has 0 spiro atoms. The molecule has 1 saturated heterocycles. The van der Waals surface area contributed by atoms with Crippen LogP contribution in [0.3, 0.4) is 0 Å². The number of amides is 2. The topological polar surface area (TPSA) is 67.2 Å². The molecule has 1 atom stereocenters. The van der Waals surface area contributed by atoms with Crippen molar-refractivity contribution in [3.05, 3.63) is 16.4 Å². The summed E-state index contributed by atoms with van der Waals surface area (Å²) >= 11 is 6.22. The number of nitrogens with one attached hydrogen (secondary N) is 1. The van der Waals surface area contributed by atoms with Gasteiger partial charge in [-0.25, -0.2) is 0 Å². The van der Waals surface area contributed by atoms with Crippen LogP contribution in [0.4, 0.5) is 0 Å². The van der Waals surface area contributed by atoms with Gasteiger partial charge < -0.3 is 10.2 Å². The number of carbonyl (C=O) groups is 2. The van der Waals surface area contributed by atoms with Gasteiger partial charge in [0.05, 0.1) is 23.0 Å². The normalized spacial score (nSPS) is 19.3. The maximum atomic E-state index is 12.5. The zero-order chi connectivity index (χ0) is 15.7. The van der Waals surface area contributed by atoms with Crippen LogP contribution in [0.15, 0.2) is 0 Å². The number of aryl methyl sites for hydroxylation is 2. The summed E-state index contributed by atoms with van der Waals surface area (Å²) in [6, 6.07) is -0.445.